The molecule has 0 bridgehead atoms. The molecule has 0 aliphatic heterocycles. The molecule has 0 spiro atoms. The summed E-state index contributed by atoms with van der Waals surface area (Å²) in [7, 11) is 0. The van der Waals surface area contributed by atoms with Crippen molar-refractivity contribution in [1.29, 1.82) is 0 Å². The number of nitro benzene ring substituents is 1. The number of non-ortho nitro benzene ring substituents is 1. The van der Waals surface area contributed by atoms with Crippen molar-refractivity contribution in [2.75, 3.05) is 0 Å². The smallest absolute Gasteiger partial charge is 0.270 e. The largest absolute Gasteiger partial charge is 0.360 e. The molecule has 4 rings (SSSR count). The topological polar surface area (TPSA) is 104 Å². The standard InChI is InChI=1S/C20H18N4O3/c1-11-12(2)23-19-5-3-13(7-15(11)19)9-22-20(25)17-10-21-18-6-4-14(24(26)27)8-16(17)18/h3-8,10,21,23H,9H2,1-2H3,(H,22,25). The van der Waals surface area contributed by atoms with Crippen molar-refractivity contribution in [3.63, 3.8) is 0 Å². The van der Waals surface area contributed by atoms with Gasteiger partial charge in [-0.15, -0.1) is 0 Å². The molecule has 0 fully saturated rings. The third-order valence-electron chi connectivity index (χ3n) is 4.95. The van der Waals surface area contributed by atoms with Gasteiger partial charge in [-0.25, -0.2) is 0 Å². The SMILES string of the molecule is Cc1[nH]c2ccc(CNC(=O)c3c[nH]c4ccc([N+](=O)[O-])cc34)cc2c1C. The van der Waals surface area contributed by atoms with Crippen LogP contribution in [-0.2, 0) is 6.54 Å². The highest BCUT2D eigenvalue weighted by Gasteiger charge is 2.15. The van der Waals surface area contributed by atoms with Crippen LogP contribution in [0, 0.1) is 24.0 Å². The Bertz CT molecular complexity index is 1200. The maximum atomic E-state index is 12.6. The fourth-order valence-electron chi connectivity index (χ4n) is 3.31. The third-order valence-corrected chi connectivity index (χ3v) is 4.95. The number of hydrogen-bond donors (Lipinski definition) is 3. The summed E-state index contributed by atoms with van der Waals surface area (Å²) in [6.07, 6.45) is 1.58. The summed E-state index contributed by atoms with van der Waals surface area (Å²) >= 11 is 0. The highest BCUT2D eigenvalue weighted by atomic mass is 16.6. The fourth-order valence-corrected chi connectivity index (χ4v) is 3.31. The molecule has 0 unspecified atom stereocenters. The summed E-state index contributed by atoms with van der Waals surface area (Å²) < 4.78 is 0. The van der Waals surface area contributed by atoms with E-state index in [0.29, 0.717) is 23.0 Å². The van der Waals surface area contributed by atoms with Crippen LogP contribution in [0.5, 0.6) is 0 Å². The van der Waals surface area contributed by atoms with Crippen LogP contribution in [0.3, 0.4) is 0 Å². The third kappa shape index (κ3) is 2.93. The molecule has 2 aromatic carbocycles. The molecule has 4 aromatic rings. The Balaban J connectivity index is 1.57. The van der Waals surface area contributed by atoms with Gasteiger partial charge in [-0.1, -0.05) is 6.07 Å². The molecule has 7 nitrogen and oxygen atoms in total. The summed E-state index contributed by atoms with van der Waals surface area (Å²) in [5, 5.41) is 15.6. The van der Waals surface area contributed by atoms with Crippen molar-refractivity contribution in [1.82, 2.24) is 15.3 Å². The van der Waals surface area contributed by atoms with Crippen molar-refractivity contribution in [3.8, 4) is 0 Å². The Morgan fingerprint density at radius 2 is 1.89 bits per heavy atom. The average Bonchev–Trinajstić information content (AvgIpc) is 3.20. The van der Waals surface area contributed by atoms with Crippen LogP contribution >= 0.6 is 0 Å². The zero-order valence-electron chi connectivity index (χ0n) is 14.9. The van der Waals surface area contributed by atoms with Gasteiger partial charge in [0.05, 0.1) is 10.5 Å². The Labute approximate surface area is 154 Å². The van der Waals surface area contributed by atoms with E-state index in [4.69, 9.17) is 0 Å². The maximum absolute atomic E-state index is 12.6. The van der Waals surface area contributed by atoms with Crippen LogP contribution in [0.25, 0.3) is 21.8 Å². The van der Waals surface area contributed by atoms with E-state index in [9.17, 15) is 14.9 Å². The van der Waals surface area contributed by atoms with Crippen LogP contribution in [0.2, 0.25) is 0 Å². The van der Waals surface area contributed by atoms with Gasteiger partial charge in [0.25, 0.3) is 11.6 Å². The minimum Gasteiger partial charge on any atom is -0.360 e. The number of hydrogen-bond acceptors (Lipinski definition) is 3. The molecule has 0 atom stereocenters. The van der Waals surface area contributed by atoms with E-state index < -0.39 is 4.92 Å². The van der Waals surface area contributed by atoms with Gasteiger partial charge >= 0.3 is 0 Å². The normalized spacial score (nSPS) is 11.2. The fraction of sp³-hybridized carbons (Fsp3) is 0.150. The highest BCUT2D eigenvalue weighted by Crippen LogP contribution is 2.24. The minimum atomic E-state index is -0.468. The summed E-state index contributed by atoms with van der Waals surface area (Å²) in [4.78, 5) is 29.4. The number of aromatic amines is 2. The second-order valence-electron chi connectivity index (χ2n) is 6.63. The summed E-state index contributed by atoms with van der Waals surface area (Å²) in [6, 6.07) is 10.5. The van der Waals surface area contributed by atoms with Crippen molar-refractivity contribution >= 4 is 33.4 Å². The molecule has 136 valence electrons. The summed E-state index contributed by atoms with van der Waals surface area (Å²) in [5.74, 6) is -0.274. The lowest BCUT2D eigenvalue weighted by atomic mass is 10.1. The number of nitrogens with one attached hydrogen (secondary N) is 3. The Hall–Kier alpha value is -3.61. The number of nitrogens with zero attached hydrogens (tertiary/aromatic N) is 1. The number of H-pyrrole nitrogens is 2. The number of benzene rings is 2. The summed E-state index contributed by atoms with van der Waals surface area (Å²) in [5.41, 5.74) is 5.43. The Morgan fingerprint density at radius 1 is 1.11 bits per heavy atom. The van der Waals surface area contributed by atoms with Crippen LogP contribution in [0.4, 0.5) is 5.69 Å². The van der Waals surface area contributed by atoms with Crippen molar-refractivity contribution in [3.05, 3.63) is 75.1 Å². The number of aromatic nitrogens is 2. The van der Waals surface area contributed by atoms with E-state index in [1.54, 1.807) is 12.3 Å². The molecule has 0 aliphatic carbocycles. The highest BCUT2D eigenvalue weighted by molar-refractivity contribution is 6.07. The molecule has 0 saturated carbocycles. The zero-order chi connectivity index (χ0) is 19.1. The maximum Gasteiger partial charge on any atom is 0.270 e. The van der Waals surface area contributed by atoms with Crippen LogP contribution < -0.4 is 5.32 Å². The van der Waals surface area contributed by atoms with Gasteiger partial charge in [0, 0.05) is 52.4 Å². The lowest BCUT2D eigenvalue weighted by Crippen LogP contribution is -2.22. The number of aryl methyl sites for hydroxylation is 2. The lowest BCUT2D eigenvalue weighted by molar-refractivity contribution is -0.384. The number of amides is 1. The molecule has 1 amide bonds. The van der Waals surface area contributed by atoms with Gasteiger partial charge in [-0.3, -0.25) is 14.9 Å². The van der Waals surface area contributed by atoms with E-state index in [-0.39, 0.29) is 11.6 Å². The van der Waals surface area contributed by atoms with E-state index in [1.165, 1.54) is 17.7 Å². The van der Waals surface area contributed by atoms with Gasteiger partial charge < -0.3 is 15.3 Å². The Morgan fingerprint density at radius 3 is 2.67 bits per heavy atom. The predicted molar refractivity (Wildman–Crippen MR) is 104 cm³/mol. The molecular formula is C20H18N4O3. The number of rotatable bonds is 4. The van der Waals surface area contributed by atoms with E-state index in [1.807, 2.05) is 19.1 Å². The monoisotopic (exact) mass is 362 g/mol. The molecule has 0 radical (unpaired) electrons. The van der Waals surface area contributed by atoms with E-state index in [0.717, 1.165) is 22.2 Å². The zero-order valence-corrected chi connectivity index (χ0v) is 14.9. The molecule has 7 heteroatoms. The lowest BCUT2D eigenvalue weighted by Gasteiger charge is -2.05. The van der Waals surface area contributed by atoms with Crippen LogP contribution in [-0.4, -0.2) is 20.8 Å². The molecule has 27 heavy (non-hydrogen) atoms. The predicted octanol–water partition coefficient (Wildman–Crippen LogP) is 4.10. The first kappa shape index (κ1) is 16.8. The molecule has 2 heterocycles. The quantitative estimate of drug-likeness (QED) is 0.376. The van der Waals surface area contributed by atoms with E-state index in [2.05, 4.69) is 28.3 Å². The van der Waals surface area contributed by atoms with Gasteiger partial charge in [0.2, 0.25) is 0 Å². The van der Waals surface area contributed by atoms with E-state index >= 15 is 0 Å². The molecule has 0 saturated heterocycles. The first-order valence-corrected chi connectivity index (χ1v) is 8.55. The van der Waals surface area contributed by atoms with Crippen LogP contribution in [0.1, 0.15) is 27.2 Å². The number of nitro groups is 1. The summed E-state index contributed by atoms with van der Waals surface area (Å²) in [6.45, 7) is 4.47. The van der Waals surface area contributed by atoms with Crippen molar-refractivity contribution in [2.24, 2.45) is 0 Å². The number of fused-ring (bicyclic) bond motifs is 2. The molecule has 2 aromatic heterocycles. The first-order chi connectivity index (χ1) is 12.9. The van der Waals surface area contributed by atoms with Crippen molar-refractivity contribution < 1.29 is 9.72 Å². The molecule has 3 N–H and O–H groups in total. The molecular weight excluding hydrogens is 344 g/mol. The number of carbonyl (C=O) groups excluding carboxylic acids is 1. The average molecular weight is 362 g/mol. The second kappa shape index (κ2) is 6.28. The van der Waals surface area contributed by atoms with Crippen molar-refractivity contribution in [2.45, 2.75) is 20.4 Å². The van der Waals surface area contributed by atoms with Crippen LogP contribution in [0.15, 0.2) is 42.6 Å². The van der Waals surface area contributed by atoms with Gasteiger partial charge in [0.1, 0.15) is 0 Å². The van der Waals surface area contributed by atoms with Gasteiger partial charge in [-0.05, 0) is 43.2 Å². The van der Waals surface area contributed by atoms with Gasteiger partial charge in [-0.2, -0.15) is 0 Å². The van der Waals surface area contributed by atoms with Gasteiger partial charge in [0.15, 0.2) is 0 Å². The molecule has 0 aliphatic rings. The first-order valence-electron chi connectivity index (χ1n) is 8.55. The number of carbonyl (C=O) groups is 1. The second-order valence-corrected chi connectivity index (χ2v) is 6.63. The minimum absolute atomic E-state index is 0.0418. The Kier molecular flexibility index (Phi) is 3.92.